The summed E-state index contributed by atoms with van der Waals surface area (Å²) < 4.78 is 32.8. The smallest absolute Gasteiger partial charge is 0.408 e. The highest BCUT2D eigenvalue weighted by atomic mass is 32.2. The molecule has 0 unspecified atom stereocenters. The molecule has 1 aromatic carbocycles. The minimum absolute atomic E-state index is 0.0766. The Labute approximate surface area is 186 Å². The Balaban J connectivity index is 1.67. The molecule has 0 bridgehead atoms. The van der Waals surface area contributed by atoms with Gasteiger partial charge < -0.3 is 9.84 Å². The van der Waals surface area contributed by atoms with E-state index in [0.29, 0.717) is 25.2 Å². The summed E-state index contributed by atoms with van der Waals surface area (Å²) in [5, 5.41) is 9.99. The second-order valence-electron chi connectivity index (χ2n) is 9.07. The van der Waals surface area contributed by atoms with Crippen molar-refractivity contribution in [1.29, 1.82) is 0 Å². The van der Waals surface area contributed by atoms with E-state index in [1.54, 1.807) is 0 Å². The van der Waals surface area contributed by atoms with Crippen molar-refractivity contribution in [2.75, 3.05) is 12.9 Å². The van der Waals surface area contributed by atoms with Gasteiger partial charge in [0, 0.05) is 11.6 Å². The van der Waals surface area contributed by atoms with Crippen molar-refractivity contribution in [1.82, 2.24) is 9.62 Å². The van der Waals surface area contributed by atoms with Gasteiger partial charge in [0.05, 0.1) is 25.0 Å². The van der Waals surface area contributed by atoms with Gasteiger partial charge in [-0.15, -0.1) is 0 Å². The third-order valence-corrected chi connectivity index (χ3v) is 7.97. The van der Waals surface area contributed by atoms with Crippen LogP contribution in [0, 0.1) is 0 Å². The lowest BCUT2D eigenvalue weighted by atomic mass is 9.83. The summed E-state index contributed by atoms with van der Waals surface area (Å²) >= 11 is 0. The Bertz CT molecular complexity index is 833. The van der Waals surface area contributed by atoms with Crippen molar-refractivity contribution >= 4 is 16.1 Å². The highest BCUT2D eigenvalue weighted by Gasteiger charge is 2.53. The van der Waals surface area contributed by atoms with Crippen LogP contribution in [0.25, 0.3) is 0 Å². The van der Waals surface area contributed by atoms with E-state index in [1.807, 2.05) is 19.9 Å². The summed E-state index contributed by atoms with van der Waals surface area (Å²) in [6, 6.07) is 9.51. The van der Waals surface area contributed by atoms with Crippen LogP contribution in [-0.2, 0) is 14.8 Å². The van der Waals surface area contributed by atoms with Crippen molar-refractivity contribution in [2.45, 2.75) is 88.4 Å². The molecule has 0 radical (unpaired) electrons. The van der Waals surface area contributed by atoms with Crippen LogP contribution in [0.5, 0.6) is 0 Å². The van der Waals surface area contributed by atoms with E-state index in [1.165, 1.54) is 10.5 Å². The molecule has 1 heterocycles. The standard InChI is InChI=1S/C23H36N2O5S/c1-4-23(5-2)15-20(24-31(3,28)29)21(25(23)22(26)27)16-30-19-13-11-18(12-14-19)17-9-7-6-8-10-17/h6-10,18-21,24H,4-5,11-16H2,1-3H3,(H,26,27)/t18-,19+,20-,21-/m0/s1. The molecular formula is C23H36N2O5S. The molecule has 2 fully saturated rings. The van der Waals surface area contributed by atoms with Gasteiger partial charge in [-0.25, -0.2) is 17.9 Å². The van der Waals surface area contributed by atoms with E-state index in [4.69, 9.17) is 4.74 Å². The Hall–Kier alpha value is -1.64. The maximum absolute atomic E-state index is 12.2. The number of carboxylic acid groups (broad SMARTS) is 1. The summed E-state index contributed by atoms with van der Waals surface area (Å²) in [6.07, 6.45) is 5.86. The number of amides is 1. The van der Waals surface area contributed by atoms with Crippen LogP contribution in [0.15, 0.2) is 30.3 Å². The Morgan fingerprint density at radius 2 is 1.77 bits per heavy atom. The van der Waals surface area contributed by atoms with Crippen molar-refractivity contribution in [2.24, 2.45) is 0 Å². The molecule has 7 nitrogen and oxygen atoms in total. The van der Waals surface area contributed by atoms with Crippen LogP contribution in [0.3, 0.4) is 0 Å². The van der Waals surface area contributed by atoms with E-state index in [0.717, 1.165) is 31.9 Å². The number of likely N-dealkylation sites (tertiary alicyclic amines) is 1. The Kier molecular flexibility index (Phi) is 7.65. The number of hydrogen-bond donors (Lipinski definition) is 2. The predicted octanol–water partition coefficient (Wildman–Crippen LogP) is 3.96. The van der Waals surface area contributed by atoms with Gasteiger partial charge in [-0.3, -0.25) is 4.90 Å². The molecule has 174 valence electrons. The summed E-state index contributed by atoms with van der Waals surface area (Å²) in [5.74, 6) is 0.538. The molecule has 0 spiro atoms. The maximum atomic E-state index is 12.2. The quantitative estimate of drug-likeness (QED) is 0.622. The van der Waals surface area contributed by atoms with Gasteiger partial charge in [-0.1, -0.05) is 44.2 Å². The second kappa shape index (κ2) is 9.88. The van der Waals surface area contributed by atoms with E-state index in [2.05, 4.69) is 29.0 Å². The van der Waals surface area contributed by atoms with Crippen molar-refractivity contribution in [3.8, 4) is 0 Å². The van der Waals surface area contributed by atoms with Gasteiger partial charge in [0.2, 0.25) is 10.0 Å². The van der Waals surface area contributed by atoms with Crippen molar-refractivity contribution in [3.63, 3.8) is 0 Å². The van der Waals surface area contributed by atoms with E-state index < -0.39 is 33.7 Å². The molecule has 1 aliphatic carbocycles. The zero-order chi connectivity index (χ0) is 22.6. The molecule has 8 heteroatoms. The number of nitrogens with zero attached hydrogens (tertiary/aromatic N) is 1. The van der Waals surface area contributed by atoms with E-state index >= 15 is 0 Å². The van der Waals surface area contributed by atoms with Crippen molar-refractivity contribution < 1.29 is 23.1 Å². The number of carbonyl (C=O) groups is 1. The van der Waals surface area contributed by atoms with Gasteiger partial charge >= 0.3 is 6.09 Å². The number of nitrogens with one attached hydrogen (secondary N) is 1. The fraction of sp³-hybridized carbons (Fsp3) is 0.696. The number of ether oxygens (including phenoxy) is 1. The third-order valence-electron chi connectivity index (χ3n) is 7.24. The van der Waals surface area contributed by atoms with Crippen LogP contribution < -0.4 is 4.72 Å². The normalized spacial score (nSPS) is 28.5. The molecule has 1 saturated carbocycles. The van der Waals surface area contributed by atoms with Gasteiger partial charge in [0.25, 0.3) is 0 Å². The first kappa shape index (κ1) is 24.0. The number of hydrogen-bond acceptors (Lipinski definition) is 4. The van der Waals surface area contributed by atoms with Gasteiger partial charge in [-0.2, -0.15) is 0 Å². The first-order chi connectivity index (χ1) is 14.7. The first-order valence-electron chi connectivity index (χ1n) is 11.3. The number of rotatable bonds is 8. The van der Waals surface area contributed by atoms with Crippen LogP contribution in [0.1, 0.15) is 70.3 Å². The molecule has 0 aromatic heterocycles. The molecule has 2 aliphatic rings. The van der Waals surface area contributed by atoms with Gasteiger partial charge in [0.1, 0.15) is 0 Å². The Morgan fingerprint density at radius 3 is 2.29 bits per heavy atom. The molecular weight excluding hydrogens is 416 g/mol. The predicted molar refractivity (Wildman–Crippen MR) is 121 cm³/mol. The highest BCUT2D eigenvalue weighted by Crippen LogP contribution is 2.41. The van der Waals surface area contributed by atoms with Gasteiger partial charge in [0.15, 0.2) is 0 Å². The zero-order valence-corrected chi connectivity index (χ0v) is 19.6. The minimum atomic E-state index is -3.46. The zero-order valence-electron chi connectivity index (χ0n) is 18.8. The fourth-order valence-corrected chi connectivity index (χ4v) is 6.30. The molecule has 2 atom stereocenters. The molecule has 1 amide bonds. The second-order valence-corrected chi connectivity index (χ2v) is 10.8. The lowest BCUT2D eigenvalue weighted by molar-refractivity contribution is -0.0173. The minimum Gasteiger partial charge on any atom is -0.465 e. The van der Waals surface area contributed by atoms with E-state index in [-0.39, 0.29) is 12.7 Å². The lowest BCUT2D eigenvalue weighted by Crippen LogP contribution is -2.53. The molecule has 3 rings (SSSR count). The summed E-state index contributed by atoms with van der Waals surface area (Å²) in [4.78, 5) is 13.7. The number of benzene rings is 1. The first-order valence-corrected chi connectivity index (χ1v) is 13.2. The molecule has 2 N–H and O–H groups in total. The monoisotopic (exact) mass is 452 g/mol. The van der Waals surface area contributed by atoms with Crippen LogP contribution in [-0.4, -0.2) is 61.1 Å². The third kappa shape index (κ3) is 5.59. The molecule has 1 saturated heterocycles. The lowest BCUT2D eigenvalue weighted by Gasteiger charge is -2.38. The fourth-order valence-electron chi connectivity index (χ4n) is 5.51. The van der Waals surface area contributed by atoms with E-state index in [9.17, 15) is 18.3 Å². The molecule has 1 aliphatic heterocycles. The summed E-state index contributed by atoms with van der Waals surface area (Å²) in [5.41, 5.74) is 0.787. The van der Waals surface area contributed by atoms with Crippen LogP contribution in [0.4, 0.5) is 4.79 Å². The van der Waals surface area contributed by atoms with Crippen LogP contribution >= 0.6 is 0 Å². The summed E-state index contributed by atoms with van der Waals surface area (Å²) in [6.45, 7) is 4.14. The number of sulfonamides is 1. The topological polar surface area (TPSA) is 95.9 Å². The molecule has 31 heavy (non-hydrogen) atoms. The molecule has 1 aromatic rings. The average molecular weight is 453 g/mol. The average Bonchev–Trinajstić information content (AvgIpc) is 3.05. The maximum Gasteiger partial charge on any atom is 0.408 e. The van der Waals surface area contributed by atoms with Crippen LogP contribution in [0.2, 0.25) is 0 Å². The summed E-state index contributed by atoms with van der Waals surface area (Å²) in [7, 11) is -3.46. The largest absolute Gasteiger partial charge is 0.465 e. The SMILES string of the molecule is CCC1(CC)C[C@H](NS(C)(=O)=O)[C@H](CO[C@H]2CC[C@@H](c3ccccc3)CC2)N1C(=O)O. The highest BCUT2D eigenvalue weighted by molar-refractivity contribution is 7.88. The Morgan fingerprint density at radius 1 is 1.16 bits per heavy atom. The van der Waals surface area contributed by atoms with Crippen molar-refractivity contribution in [3.05, 3.63) is 35.9 Å². The van der Waals surface area contributed by atoms with Gasteiger partial charge in [-0.05, 0) is 56.4 Å².